The lowest BCUT2D eigenvalue weighted by Gasteiger charge is -2.36. The van der Waals surface area contributed by atoms with E-state index in [1.807, 2.05) is 47.0 Å². The van der Waals surface area contributed by atoms with Crippen LogP contribution in [0.5, 0.6) is 0 Å². The second-order valence-electron chi connectivity index (χ2n) is 8.74. The van der Waals surface area contributed by atoms with Crippen LogP contribution in [0.2, 0.25) is 5.02 Å². The predicted octanol–water partition coefficient (Wildman–Crippen LogP) is 4.94. The molecule has 0 aliphatic carbocycles. The molecule has 0 bridgehead atoms. The van der Waals surface area contributed by atoms with Gasteiger partial charge in [0, 0.05) is 36.3 Å². The third-order valence-corrected chi connectivity index (χ3v) is 6.11. The summed E-state index contributed by atoms with van der Waals surface area (Å²) in [4.78, 5) is 13.4. The second-order valence-corrected chi connectivity index (χ2v) is 9.18. The Hall–Kier alpha value is -2.14. The molecule has 1 aromatic heterocycles. The third-order valence-electron chi connectivity index (χ3n) is 5.88. The number of benzene rings is 2. The first-order chi connectivity index (χ1) is 14.4. The number of pyridine rings is 1. The van der Waals surface area contributed by atoms with Gasteiger partial charge in [0.1, 0.15) is 0 Å². The highest BCUT2D eigenvalue weighted by atomic mass is 35.5. The van der Waals surface area contributed by atoms with E-state index in [0.717, 1.165) is 42.3 Å². The van der Waals surface area contributed by atoms with Crippen molar-refractivity contribution in [1.29, 1.82) is 0 Å². The van der Waals surface area contributed by atoms with Crippen molar-refractivity contribution < 1.29 is 4.74 Å². The van der Waals surface area contributed by atoms with Crippen molar-refractivity contribution in [3.63, 3.8) is 0 Å². The number of ether oxygens (including phenoxy) is 1. The molecule has 158 valence electrons. The van der Waals surface area contributed by atoms with E-state index in [1.165, 1.54) is 5.56 Å². The molecule has 1 atom stereocenters. The molecule has 0 spiro atoms. The van der Waals surface area contributed by atoms with Gasteiger partial charge in [0.05, 0.1) is 11.1 Å². The van der Waals surface area contributed by atoms with Crippen molar-refractivity contribution in [2.24, 2.45) is 0 Å². The summed E-state index contributed by atoms with van der Waals surface area (Å²) < 4.78 is 7.69. The van der Waals surface area contributed by atoms with Gasteiger partial charge < -0.3 is 14.6 Å². The minimum absolute atomic E-state index is 0.0551. The maximum absolute atomic E-state index is 13.4. The predicted molar refractivity (Wildman–Crippen MR) is 123 cm³/mol. The molecule has 0 unspecified atom stereocenters. The topological polar surface area (TPSA) is 43.3 Å². The molecule has 1 aliphatic rings. The molecule has 1 fully saturated rings. The lowest BCUT2D eigenvalue weighted by atomic mass is 9.94. The van der Waals surface area contributed by atoms with Crippen molar-refractivity contribution >= 4 is 22.5 Å². The molecule has 4 rings (SSSR count). The van der Waals surface area contributed by atoms with E-state index < -0.39 is 0 Å². The number of rotatable bonds is 6. The summed E-state index contributed by atoms with van der Waals surface area (Å²) in [6, 6.07) is 18.4. The highest BCUT2D eigenvalue weighted by molar-refractivity contribution is 6.31. The van der Waals surface area contributed by atoms with Gasteiger partial charge in [-0.2, -0.15) is 0 Å². The van der Waals surface area contributed by atoms with Gasteiger partial charge >= 0.3 is 0 Å². The Bertz CT molecular complexity index is 1080. The van der Waals surface area contributed by atoms with Gasteiger partial charge in [0.25, 0.3) is 5.56 Å². The van der Waals surface area contributed by atoms with Crippen LogP contribution in [0.4, 0.5) is 0 Å². The molecule has 30 heavy (non-hydrogen) atoms. The number of nitrogens with zero attached hydrogens (tertiary/aromatic N) is 1. The molecule has 1 saturated heterocycles. The Morgan fingerprint density at radius 3 is 2.73 bits per heavy atom. The van der Waals surface area contributed by atoms with Gasteiger partial charge in [-0.3, -0.25) is 4.79 Å². The summed E-state index contributed by atoms with van der Waals surface area (Å²) in [6.07, 6.45) is 2.71. The molecule has 0 saturated carbocycles. The molecule has 5 heteroatoms. The fourth-order valence-electron chi connectivity index (χ4n) is 4.30. The lowest BCUT2D eigenvalue weighted by molar-refractivity contribution is -0.0630. The lowest BCUT2D eigenvalue weighted by Crippen LogP contribution is -2.44. The summed E-state index contributed by atoms with van der Waals surface area (Å²) >= 11 is 6.25. The summed E-state index contributed by atoms with van der Waals surface area (Å²) in [5.74, 6) is 0. The third kappa shape index (κ3) is 4.94. The molecule has 2 heterocycles. The van der Waals surface area contributed by atoms with Gasteiger partial charge in [-0.15, -0.1) is 0 Å². The minimum atomic E-state index is -0.119. The first kappa shape index (κ1) is 21.1. The Morgan fingerprint density at radius 2 is 1.97 bits per heavy atom. The van der Waals surface area contributed by atoms with Gasteiger partial charge in [0.15, 0.2) is 0 Å². The molecule has 3 aromatic rings. The van der Waals surface area contributed by atoms with E-state index >= 15 is 0 Å². The normalized spacial score (nSPS) is 18.6. The maximum atomic E-state index is 13.4. The van der Waals surface area contributed by atoms with Crippen molar-refractivity contribution in [1.82, 2.24) is 9.88 Å². The maximum Gasteiger partial charge on any atom is 0.255 e. The number of hydrogen-bond donors (Lipinski definition) is 1. The number of aromatic nitrogens is 1. The molecule has 2 aromatic carbocycles. The second kappa shape index (κ2) is 8.93. The number of nitrogens with one attached hydrogen (secondary N) is 1. The Balaban J connectivity index is 1.61. The monoisotopic (exact) mass is 424 g/mol. The van der Waals surface area contributed by atoms with Crippen LogP contribution in [0.25, 0.3) is 10.9 Å². The Labute approximate surface area is 182 Å². The van der Waals surface area contributed by atoms with Crippen molar-refractivity contribution in [2.45, 2.75) is 57.8 Å². The van der Waals surface area contributed by atoms with Gasteiger partial charge in [-0.25, -0.2) is 0 Å². The molecule has 4 nitrogen and oxygen atoms in total. The molecule has 0 radical (unpaired) electrons. The van der Waals surface area contributed by atoms with E-state index in [2.05, 4.69) is 31.3 Å². The zero-order valence-electron chi connectivity index (χ0n) is 17.7. The average Bonchev–Trinajstić information content (AvgIpc) is 2.72. The molecule has 1 aliphatic heterocycles. The fourth-order valence-corrected chi connectivity index (χ4v) is 4.47. The molecule has 1 N–H and O–H groups in total. The fraction of sp³-hybridized carbons (Fsp3) is 0.400. The van der Waals surface area contributed by atoms with E-state index in [4.69, 9.17) is 16.3 Å². The Kier molecular flexibility index (Phi) is 6.28. The highest BCUT2D eigenvalue weighted by Crippen LogP contribution is 2.24. The molecular weight excluding hydrogens is 396 g/mol. The largest absolute Gasteiger partial charge is 0.375 e. The molecule has 0 amide bonds. The standard InChI is InChI=1S/C25H29ClN2O2/c1-25(2)16-22(11-13-30-25)27-17-20-14-19-8-9-21(26)15-23(19)28(24(20)29)12-10-18-6-4-3-5-7-18/h3-9,14-15,22,27H,10-13,16-17H2,1-2H3/t22-/m1/s1. The Morgan fingerprint density at radius 1 is 1.17 bits per heavy atom. The summed E-state index contributed by atoms with van der Waals surface area (Å²) in [7, 11) is 0. The van der Waals surface area contributed by atoms with Gasteiger partial charge in [0.2, 0.25) is 0 Å². The number of halogens is 1. The van der Waals surface area contributed by atoms with Crippen molar-refractivity contribution in [3.05, 3.63) is 81.1 Å². The van der Waals surface area contributed by atoms with Crippen LogP contribution in [0.1, 0.15) is 37.8 Å². The van der Waals surface area contributed by atoms with E-state index in [9.17, 15) is 4.79 Å². The zero-order chi connectivity index (χ0) is 21.1. The summed E-state index contributed by atoms with van der Waals surface area (Å²) in [5.41, 5.74) is 2.83. The van der Waals surface area contributed by atoms with E-state index in [-0.39, 0.29) is 11.2 Å². The number of fused-ring (bicyclic) bond motifs is 1. The molecular formula is C25H29ClN2O2. The summed E-state index contributed by atoms with van der Waals surface area (Å²) in [5, 5.41) is 5.27. The number of aryl methyl sites for hydroxylation is 2. The van der Waals surface area contributed by atoms with Crippen LogP contribution < -0.4 is 10.9 Å². The van der Waals surface area contributed by atoms with E-state index in [1.54, 1.807) is 0 Å². The van der Waals surface area contributed by atoms with Crippen LogP contribution in [-0.4, -0.2) is 22.8 Å². The van der Waals surface area contributed by atoms with Crippen molar-refractivity contribution in [3.8, 4) is 0 Å². The number of hydrogen-bond acceptors (Lipinski definition) is 3. The minimum Gasteiger partial charge on any atom is -0.375 e. The first-order valence-electron chi connectivity index (χ1n) is 10.6. The quantitative estimate of drug-likeness (QED) is 0.609. The van der Waals surface area contributed by atoms with Crippen LogP contribution in [0, 0.1) is 0 Å². The first-order valence-corrected chi connectivity index (χ1v) is 11.0. The van der Waals surface area contributed by atoms with Crippen LogP contribution in [-0.2, 0) is 24.2 Å². The van der Waals surface area contributed by atoms with E-state index in [0.29, 0.717) is 24.2 Å². The summed E-state index contributed by atoms with van der Waals surface area (Å²) in [6.45, 7) is 6.18. The van der Waals surface area contributed by atoms with Gasteiger partial charge in [-0.1, -0.05) is 48.0 Å². The smallest absolute Gasteiger partial charge is 0.255 e. The van der Waals surface area contributed by atoms with Gasteiger partial charge in [-0.05, 0) is 62.3 Å². The average molecular weight is 425 g/mol. The SMILES string of the molecule is CC1(C)C[C@H](NCc2cc3ccc(Cl)cc3n(CCc3ccccc3)c2=O)CCO1. The highest BCUT2D eigenvalue weighted by Gasteiger charge is 2.28. The van der Waals surface area contributed by atoms with Crippen LogP contribution in [0.15, 0.2) is 59.4 Å². The van der Waals surface area contributed by atoms with Crippen LogP contribution >= 0.6 is 11.6 Å². The van der Waals surface area contributed by atoms with Crippen molar-refractivity contribution in [2.75, 3.05) is 6.61 Å². The van der Waals surface area contributed by atoms with Crippen LogP contribution in [0.3, 0.4) is 0 Å². The zero-order valence-corrected chi connectivity index (χ0v) is 18.4.